The molecule has 0 aliphatic rings. The van der Waals surface area contributed by atoms with E-state index in [0.29, 0.717) is 12.0 Å². The summed E-state index contributed by atoms with van der Waals surface area (Å²) in [6.07, 6.45) is 3.25. The lowest BCUT2D eigenvalue weighted by Gasteiger charge is -2.18. The lowest BCUT2D eigenvalue weighted by atomic mass is 10.2. The average Bonchev–Trinajstić information content (AvgIpc) is 2.55. The quantitative estimate of drug-likeness (QED) is 0.810. The maximum atomic E-state index is 4.57. The fourth-order valence-electron chi connectivity index (χ4n) is 1.94. The van der Waals surface area contributed by atoms with E-state index in [-0.39, 0.29) is 0 Å². The molecule has 104 valence electrons. The van der Waals surface area contributed by atoms with Gasteiger partial charge in [0.1, 0.15) is 0 Å². The number of hydrogen-bond donors (Lipinski definition) is 1. The van der Waals surface area contributed by atoms with Crippen LogP contribution in [0.1, 0.15) is 32.9 Å². The number of nitrogens with zero attached hydrogens (tertiary/aromatic N) is 3. The van der Waals surface area contributed by atoms with Gasteiger partial charge in [0.05, 0.1) is 5.69 Å². The maximum Gasteiger partial charge on any atom is 0.203 e. The number of anilines is 1. The molecule has 0 fully saturated rings. The molecular formula is C14H28N4. The molecule has 1 atom stereocenters. The molecule has 0 aliphatic carbocycles. The lowest BCUT2D eigenvalue weighted by molar-refractivity contribution is 0.389. The number of rotatable bonds is 7. The SMILES string of the molecule is Cc1cn(CC(C)C)c(NC(C)CCN(C)C)n1. The van der Waals surface area contributed by atoms with Gasteiger partial charge in [-0.15, -0.1) is 0 Å². The Morgan fingerprint density at radius 2 is 2.00 bits per heavy atom. The summed E-state index contributed by atoms with van der Waals surface area (Å²) >= 11 is 0. The highest BCUT2D eigenvalue weighted by Crippen LogP contribution is 2.13. The predicted octanol–water partition coefficient (Wildman–Crippen LogP) is 2.60. The summed E-state index contributed by atoms with van der Waals surface area (Å²) in [6, 6.07) is 0.445. The van der Waals surface area contributed by atoms with Crippen molar-refractivity contribution in [1.82, 2.24) is 14.5 Å². The second-order valence-electron chi connectivity index (χ2n) is 5.89. The van der Waals surface area contributed by atoms with Crippen molar-refractivity contribution >= 4 is 5.95 Å². The normalized spacial score (nSPS) is 13.3. The molecule has 0 bridgehead atoms. The molecule has 0 saturated carbocycles. The Morgan fingerprint density at radius 1 is 1.33 bits per heavy atom. The van der Waals surface area contributed by atoms with Crippen molar-refractivity contribution in [3.63, 3.8) is 0 Å². The van der Waals surface area contributed by atoms with Crippen LogP contribution in [0.2, 0.25) is 0 Å². The van der Waals surface area contributed by atoms with Gasteiger partial charge < -0.3 is 14.8 Å². The van der Waals surface area contributed by atoms with Crippen molar-refractivity contribution in [3.05, 3.63) is 11.9 Å². The Hall–Kier alpha value is -1.03. The third kappa shape index (κ3) is 5.08. The molecule has 1 unspecified atom stereocenters. The largest absolute Gasteiger partial charge is 0.353 e. The van der Waals surface area contributed by atoms with E-state index in [9.17, 15) is 0 Å². The molecule has 4 heteroatoms. The van der Waals surface area contributed by atoms with E-state index in [1.807, 2.05) is 6.92 Å². The highest BCUT2D eigenvalue weighted by atomic mass is 15.2. The highest BCUT2D eigenvalue weighted by molar-refractivity contribution is 5.30. The summed E-state index contributed by atoms with van der Waals surface area (Å²) in [5.74, 6) is 1.64. The number of hydrogen-bond acceptors (Lipinski definition) is 3. The third-order valence-corrected chi connectivity index (χ3v) is 2.84. The van der Waals surface area contributed by atoms with Gasteiger partial charge in [-0.2, -0.15) is 0 Å². The molecule has 1 N–H and O–H groups in total. The van der Waals surface area contributed by atoms with Crippen LogP contribution in [0.15, 0.2) is 6.20 Å². The van der Waals surface area contributed by atoms with Gasteiger partial charge in [-0.25, -0.2) is 4.98 Å². The topological polar surface area (TPSA) is 33.1 Å². The molecule has 0 aliphatic heterocycles. The first kappa shape index (κ1) is 15.0. The van der Waals surface area contributed by atoms with Crippen LogP contribution in [0.5, 0.6) is 0 Å². The Labute approximate surface area is 111 Å². The Morgan fingerprint density at radius 3 is 2.56 bits per heavy atom. The van der Waals surface area contributed by atoms with Gasteiger partial charge in [-0.05, 0) is 46.8 Å². The molecule has 1 heterocycles. The van der Waals surface area contributed by atoms with Gasteiger partial charge >= 0.3 is 0 Å². The number of imidazole rings is 1. The fourth-order valence-corrected chi connectivity index (χ4v) is 1.94. The van der Waals surface area contributed by atoms with Crippen molar-refractivity contribution in [3.8, 4) is 0 Å². The van der Waals surface area contributed by atoms with Crippen LogP contribution in [-0.2, 0) is 6.54 Å². The Balaban J connectivity index is 2.59. The zero-order valence-electron chi connectivity index (χ0n) is 12.7. The molecule has 1 aromatic heterocycles. The minimum atomic E-state index is 0.445. The summed E-state index contributed by atoms with van der Waals surface area (Å²) in [5.41, 5.74) is 1.08. The first-order valence-corrected chi connectivity index (χ1v) is 6.83. The summed E-state index contributed by atoms with van der Waals surface area (Å²) in [4.78, 5) is 6.78. The van der Waals surface area contributed by atoms with E-state index in [1.165, 1.54) is 0 Å². The highest BCUT2D eigenvalue weighted by Gasteiger charge is 2.10. The molecule has 18 heavy (non-hydrogen) atoms. The summed E-state index contributed by atoms with van der Waals surface area (Å²) in [6.45, 7) is 10.8. The molecule has 0 radical (unpaired) electrons. The van der Waals surface area contributed by atoms with Gasteiger partial charge in [-0.1, -0.05) is 13.8 Å². The van der Waals surface area contributed by atoms with E-state index >= 15 is 0 Å². The van der Waals surface area contributed by atoms with Gasteiger partial charge in [-0.3, -0.25) is 0 Å². The Bertz CT molecular complexity index is 355. The van der Waals surface area contributed by atoms with Crippen molar-refractivity contribution in [2.75, 3.05) is 26.0 Å². The van der Waals surface area contributed by atoms with Gasteiger partial charge in [0.15, 0.2) is 0 Å². The van der Waals surface area contributed by atoms with Crippen molar-refractivity contribution in [2.24, 2.45) is 5.92 Å². The molecule has 1 aromatic rings. The molecule has 4 nitrogen and oxygen atoms in total. The molecule has 0 spiro atoms. The lowest BCUT2D eigenvalue weighted by Crippen LogP contribution is -2.24. The minimum Gasteiger partial charge on any atom is -0.353 e. The van der Waals surface area contributed by atoms with Crippen LogP contribution < -0.4 is 5.32 Å². The van der Waals surface area contributed by atoms with Crippen LogP contribution in [0.25, 0.3) is 0 Å². The monoisotopic (exact) mass is 252 g/mol. The van der Waals surface area contributed by atoms with E-state index in [2.05, 4.69) is 60.8 Å². The molecule has 0 amide bonds. The van der Waals surface area contributed by atoms with Crippen LogP contribution in [0.3, 0.4) is 0 Å². The van der Waals surface area contributed by atoms with E-state index in [4.69, 9.17) is 0 Å². The maximum absolute atomic E-state index is 4.57. The van der Waals surface area contributed by atoms with Gasteiger partial charge in [0.2, 0.25) is 5.95 Å². The smallest absolute Gasteiger partial charge is 0.203 e. The molecule has 0 saturated heterocycles. The van der Waals surface area contributed by atoms with Crippen LogP contribution in [0.4, 0.5) is 5.95 Å². The standard InChI is InChI=1S/C14H28N4/c1-11(2)9-18-10-13(4)16-14(18)15-12(3)7-8-17(5)6/h10-12H,7-9H2,1-6H3,(H,15,16). The zero-order valence-corrected chi connectivity index (χ0v) is 12.7. The predicted molar refractivity (Wildman–Crippen MR) is 78.1 cm³/mol. The number of aryl methyl sites for hydroxylation is 1. The van der Waals surface area contributed by atoms with Gasteiger partial charge in [0, 0.05) is 18.8 Å². The summed E-state index contributed by atoms with van der Waals surface area (Å²) < 4.78 is 2.23. The van der Waals surface area contributed by atoms with E-state index in [0.717, 1.165) is 31.2 Å². The van der Waals surface area contributed by atoms with Gasteiger partial charge in [0.25, 0.3) is 0 Å². The first-order chi connectivity index (χ1) is 8.38. The van der Waals surface area contributed by atoms with Crippen molar-refractivity contribution in [2.45, 2.75) is 46.7 Å². The van der Waals surface area contributed by atoms with Crippen LogP contribution >= 0.6 is 0 Å². The fraction of sp³-hybridized carbons (Fsp3) is 0.786. The number of aromatic nitrogens is 2. The van der Waals surface area contributed by atoms with Crippen molar-refractivity contribution < 1.29 is 0 Å². The van der Waals surface area contributed by atoms with Crippen LogP contribution in [-0.4, -0.2) is 41.1 Å². The van der Waals surface area contributed by atoms with E-state index < -0.39 is 0 Å². The second-order valence-corrected chi connectivity index (χ2v) is 5.89. The minimum absolute atomic E-state index is 0.445. The zero-order chi connectivity index (χ0) is 13.7. The second kappa shape index (κ2) is 6.78. The van der Waals surface area contributed by atoms with Crippen molar-refractivity contribution in [1.29, 1.82) is 0 Å². The third-order valence-electron chi connectivity index (χ3n) is 2.84. The molecular weight excluding hydrogens is 224 g/mol. The first-order valence-electron chi connectivity index (χ1n) is 6.83. The Kier molecular flexibility index (Phi) is 5.66. The van der Waals surface area contributed by atoms with Crippen LogP contribution in [0, 0.1) is 12.8 Å². The molecule has 0 aromatic carbocycles. The number of nitrogens with one attached hydrogen (secondary N) is 1. The summed E-state index contributed by atoms with van der Waals surface area (Å²) in [7, 11) is 4.22. The molecule has 1 rings (SSSR count). The summed E-state index contributed by atoms with van der Waals surface area (Å²) in [5, 5.41) is 3.52. The average molecular weight is 252 g/mol. The van der Waals surface area contributed by atoms with E-state index in [1.54, 1.807) is 0 Å².